The van der Waals surface area contributed by atoms with E-state index in [4.69, 9.17) is 9.47 Å². The van der Waals surface area contributed by atoms with Crippen molar-refractivity contribution in [3.8, 4) is 17.2 Å². The molecule has 0 bridgehead atoms. The summed E-state index contributed by atoms with van der Waals surface area (Å²) in [5, 5.41) is 16.5. The number of hydrogen-bond acceptors (Lipinski definition) is 4. The Morgan fingerprint density at radius 2 is 1.67 bits per heavy atom. The Bertz CT molecular complexity index is 721. The lowest BCUT2D eigenvalue weighted by Crippen LogP contribution is -2.38. The third kappa shape index (κ3) is 7.54. The molecule has 0 spiro atoms. The van der Waals surface area contributed by atoms with Crippen LogP contribution in [0, 0.1) is 0 Å². The lowest BCUT2D eigenvalue weighted by Gasteiger charge is -2.12. The summed E-state index contributed by atoms with van der Waals surface area (Å²) in [6.07, 6.45) is 0.683. The number of ether oxygens (including phenoxy) is 2. The zero-order chi connectivity index (χ0) is 18.8. The Balaban J connectivity index is 0.00000364. The summed E-state index contributed by atoms with van der Waals surface area (Å²) in [6.45, 7) is 4.05. The van der Waals surface area contributed by atoms with Crippen LogP contribution in [0.4, 0.5) is 0 Å². The van der Waals surface area contributed by atoms with Crippen molar-refractivity contribution in [2.45, 2.75) is 19.9 Å². The van der Waals surface area contributed by atoms with Gasteiger partial charge in [-0.05, 0) is 42.7 Å². The van der Waals surface area contributed by atoms with Crippen LogP contribution in [-0.2, 0) is 13.0 Å². The Kier molecular flexibility index (Phi) is 10.4. The molecule has 0 aliphatic carbocycles. The van der Waals surface area contributed by atoms with Gasteiger partial charge in [-0.1, -0.05) is 18.2 Å². The molecule has 0 radical (unpaired) electrons. The molecule has 0 aliphatic rings. The van der Waals surface area contributed by atoms with E-state index in [0.717, 1.165) is 29.4 Å². The molecular formula is C20H28IN3O3. The van der Waals surface area contributed by atoms with Gasteiger partial charge in [-0.15, -0.1) is 24.0 Å². The Hall–Kier alpha value is -2.16. The molecule has 0 fully saturated rings. The van der Waals surface area contributed by atoms with Crippen molar-refractivity contribution in [3.05, 3.63) is 53.6 Å². The number of nitrogens with zero attached hydrogens (tertiary/aromatic N) is 1. The maximum absolute atomic E-state index is 10.0. The average Bonchev–Trinajstić information content (AvgIpc) is 2.67. The van der Waals surface area contributed by atoms with Gasteiger partial charge < -0.3 is 25.2 Å². The van der Waals surface area contributed by atoms with Crippen molar-refractivity contribution < 1.29 is 14.6 Å². The molecule has 7 heteroatoms. The Labute approximate surface area is 178 Å². The zero-order valence-electron chi connectivity index (χ0n) is 16.0. The summed E-state index contributed by atoms with van der Waals surface area (Å²) in [6, 6.07) is 13.2. The number of methoxy groups -OCH3 is 2. The number of halogens is 1. The first-order valence-corrected chi connectivity index (χ1v) is 8.67. The zero-order valence-corrected chi connectivity index (χ0v) is 18.3. The topological polar surface area (TPSA) is 75.1 Å². The highest BCUT2D eigenvalue weighted by molar-refractivity contribution is 14.0. The molecule has 0 amide bonds. The number of phenols is 1. The second-order valence-electron chi connectivity index (χ2n) is 5.71. The van der Waals surface area contributed by atoms with Crippen LogP contribution in [-0.4, -0.2) is 38.4 Å². The monoisotopic (exact) mass is 485 g/mol. The van der Waals surface area contributed by atoms with Crippen LogP contribution >= 0.6 is 24.0 Å². The quantitative estimate of drug-likeness (QED) is 0.304. The highest BCUT2D eigenvalue weighted by Gasteiger charge is 2.04. The van der Waals surface area contributed by atoms with Crippen LogP contribution in [0.2, 0.25) is 0 Å². The molecule has 6 nitrogen and oxygen atoms in total. The number of aromatic hydroxyl groups is 1. The molecule has 2 rings (SSSR count). The highest BCUT2D eigenvalue weighted by atomic mass is 127. The first kappa shape index (κ1) is 22.9. The molecule has 148 valence electrons. The lowest BCUT2D eigenvalue weighted by atomic mass is 10.1. The van der Waals surface area contributed by atoms with E-state index in [9.17, 15) is 5.11 Å². The van der Waals surface area contributed by atoms with Crippen LogP contribution in [0.3, 0.4) is 0 Å². The fourth-order valence-corrected chi connectivity index (χ4v) is 2.44. The van der Waals surface area contributed by atoms with Crippen LogP contribution < -0.4 is 20.1 Å². The number of nitrogens with one attached hydrogen (secondary N) is 2. The summed E-state index contributed by atoms with van der Waals surface area (Å²) in [5.74, 6) is 2.47. The predicted octanol–water partition coefficient (Wildman–Crippen LogP) is 3.33. The minimum Gasteiger partial charge on any atom is -0.508 e. The summed E-state index contributed by atoms with van der Waals surface area (Å²) in [7, 11) is 3.24. The van der Waals surface area contributed by atoms with Gasteiger partial charge in [0.15, 0.2) is 5.96 Å². The molecule has 0 heterocycles. The first-order chi connectivity index (χ1) is 12.7. The van der Waals surface area contributed by atoms with E-state index in [1.807, 2.05) is 43.3 Å². The third-order valence-electron chi connectivity index (χ3n) is 3.90. The predicted molar refractivity (Wildman–Crippen MR) is 120 cm³/mol. The summed E-state index contributed by atoms with van der Waals surface area (Å²) >= 11 is 0. The smallest absolute Gasteiger partial charge is 0.191 e. The van der Waals surface area contributed by atoms with Gasteiger partial charge in [-0.2, -0.15) is 0 Å². The van der Waals surface area contributed by atoms with Crippen LogP contribution in [0.25, 0.3) is 0 Å². The standard InChI is InChI=1S/C20H27N3O3.HI/c1-4-21-20(23-14-15-5-8-17(25-2)9-6-15)22-12-11-16-7-10-18(26-3)13-19(16)24;/h5-10,13,24H,4,11-12,14H2,1-3H3,(H2,21,22,23);1H. The average molecular weight is 485 g/mol. The number of aliphatic imine (C=N–C) groups is 1. The molecule has 0 unspecified atom stereocenters. The van der Waals surface area contributed by atoms with Crippen molar-refractivity contribution in [3.63, 3.8) is 0 Å². The molecule has 2 aromatic carbocycles. The van der Waals surface area contributed by atoms with Crippen LogP contribution in [0.5, 0.6) is 17.2 Å². The van der Waals surface area contributed by atoms with Gasteiger partial charge in [-0.3, -0.25) is 0 Å². The van der Waals surface area contributed by atoms with Gasteiger partial charge in [0.25, 0.3) is 0 Å². The fourth-order valence-electron chi connectivity index (χ4n) is 2.44. The Morgan fingerprint density at radius 1 is 1.00 bits per heavy atom. The van der Waals surface area contributed by atoms with E-state index < -0.39 is 0 Å². The first-order valence-electron chi connectivity index (χ1n) is 8.67. The van der Waals surface area contributed by atoms with Crippen LogP contribution in [0.1, 0.15) is 18.1 Å². The number of phenolic OH excluding ortho intramolecular Hbond substituents is 1. The second kappa shape index (κ2) is 12.3. The van der Waals surface area contributed by atoms with E-state index in [0.29, 0.717) is 25.3 Å². The van der Waals surface area contributed by atoms with Gasteiger partial charge in [0.05, 0.1) is 20.8 Å². The SMILES string of the molecule is CCNC(=NCc1ccc(OC)cc1)NCCc1ccc(OC)cc1O.I. The van der Waals surface area contributed by atoms with Crippen molar-refractivity contribution in [1.29, 1.82) is 0 Å². The van der Waals surface area contributed by atoms with Crippen molar-refractivity contribution in [2.75, 3.05) is 27.3 Å². The van der Waals surface area contributed by atoms with Gasteiger partial charge in [0.1, 0.15) is 17.2 Å². The van der Waals surface area contributed by atoms with E-state index in [1.165, 1.54) is 0 Å². The van der Waals surface area contributed by atoms with Gasteiger partial charge in [0, 0.05) is 19.2 Å². The van der Waals surface area contributed by atoms with Crippen molar-refractivity contribution in [1.82, 2.24) is 10.6 Å². The molecule has 3 N–H and O–H groups in total. The summed E-state index contributed by atoms with van der Waals surface area (Å²) in [5.41, 5.74) is 1.97. The normalized spacial score (nSPS) is 10.7. The molecular weight excluding hydrogens is 457 g/mol. The number of guanidine groups is 1. The number of hydrogen-bond donors (Lipinski definition) is 3. The number of benzene rings is 2. The van der Waals surface area contributed by atoms with Gasteiger partial charge in [-0.25, -0.2) is 4.99 Å². The fraction of sp³-hybridized carbons (Fsp3) is 0.350. The molecule has 27 heavy (non-hydrogen) atoms. The highest BCUT2D eigenvalue weighted by Crippen LogP contribution is 2.23. The third-order valence-corrected chi connectivity index (χ3v) is 3.90. The van der Waals surface area contributed by atoms with Gasteiger partial charge >= 0.3 is 0 Å². The minimum atomic E-state index is 0. The minimum absolute atomic E-state index is 0. The maximum Gasteiger partial charge on any atom is 0.191 e. The lowest BCUT2D eigenvalue weighted by molar-refractivity contribution is 0.406. The Morgan fingerprint density at radius 3 is 2.26 bits per heavy atom. The van der Waals surface area contributed by atoms with Crippen LogP contribution in [0.15, 0.2) is 47.5 Å². The molecule has 0 atom stereocenters. The largest absolute Gasteiger partial charge is 0.508 e. The van der Waals surface area contributed by atoms with E-state index in [-0.39, 0.29) is 29.7 Å². The van der Waals surface area contributed by atoms with E-state index >= 15 is 0 Å². The summed E-state index contributed by atoms with van der Waals surface area (Å²) in [4.78, 5) is 4.59. The molecule has 0 saturated carbocycles. The second-order valence-corrected chi connectivity index (χ2v) is 5.71. The van der Waals surface area contributed by atoms with E-state index in [2.05, 4.69) is 15.6 Å². The molecule has 0 aliphatic heterocycles. The van der Waals surface area contributed by atoms with Crippen molar-refractivity contribution >= 4 is 29.9 Å². The van der Waals surface area contributed by atoms with E-state index in [1.54, 1.807) is 20.3 Å². The molecule has 0 aromatic heterocycles. The molecule has 2 aromatic rings. The molecule has 0 saturated heterocycles. The summed E-state index contributed by atoms with van der Waals surface area (Å²) < 4.78 is 10.3. The maximum atomic E-state index is 10.0. The number of rotatable bonds is 8. The van der Waals surface area contributed by atoms with Crippen molar-refractivity contribution in [2.24, 2.45) is 4.99 Å². The van der Waals surface area contributed by atoms with Gasteiger partial charge in [0.2, 0.25) is 0 Å².